The third kappa shape index (κ3) is 5.07. The largest absolute Gasteiger partial charge is 0.494 e. The van der Waals surface area contributed by atoms with E-state index in [0.717, 1.165) is 11.3 Å². The molecule has 0 aliphatic carbocycles. The van der Waals surface area contributed by atoms with E-state index in [4.69, 9.17) is 4.74 Å². The van der Waals surface area contributed by atoms with Gasteiger partial charge in [0.1, 0.15) is 11.6 Å². The summed E-state index contributed by atoms with van der Waals surface area (Å²) < 4.78 is 5.43. The summed E-state index contributed by atoms with van der Waals surface area (Å²) in [5, 5.41) is 2.93. The van der Waals surface area contributed by atoms with Gasteiger partial charge in [-0.25, -0.2) is 4.98 Å². The molecular formula is C22H24N4O3. The molecule has 7 heteroatoms. The monoisotopic (exact) mass is 392 g/mol. The Hall–Kier alpha value is -3.48. The fourth-order valence-electron chi connectivity index (χ4n) is 3.01. The predicted molar refractivity (Wildman–Crippen MR) is 111 cm³/mol. The van der Waals surface area contributed by atoms with Crippen molar-refractivity contribution in [2.45, 2.75) is 33.2 Å². The lowest BCUT2D eigenvalue weighted by atomic mass is 10.1. The van der Waals surface area contributed by atoms with E-state index in [0.29, 0.717) is 29.3 Å². The smallest absolute Gasteiger partial charge is 0.255 e. The van der Waals surface area contributed by atoms with Gasteiger partial charge in [0.15, 0.2) is 0 Å². The van der Waals surface area contributed by atoms with Gasteiger partial charge < -0.3 is 15.0 Å². The lowest BCUT2D eigenvalue weighted by molar-refractivity contribution is -0.121. The van der Waals surface area contributed by atoms with Crippen molar-refractivity contribution in [2.75, 3.05) is 6.61 Å². The highest BCUT2D eigenvalue weighted by molar-refractivity contribution is 5.79. The van der Waals surface area contributed by atoms with E-state index in [1.807, 2.05) is 44.2 Å². The topological polar surface area (TPSA) is 97.0 Å². The van der Waals surface area contributed by atoms with Crippen LogP contribution in [-0.4, -0.2) is 27.5 Å². The lowest BCUT2D eigenvalue weighted by Crippen LogP contribution is -2.31. The molecule has 0 saturated carbocycles. The van der Waals surface area contributed by atoms with Crippen molar-refractivity contribution in [3.63, 3.8) is 0 Å². The van der Waals surface area contributed by atoms with Crippen molar-refractivity contribution in [2.24, 2.45) is 0 Å². The number of ether oxygens (including phenoxy) is 1. The molecule has 3 rings (SSSR count). The standard InChI is InChI=1S/C22H24N4O3/c1-4-29-18-9-7-16(8-10-18)14(2)24-20(27)12-19-15(3)25-21(26-22(19)28)17-6-5-11-23-13-17/h5-11,13-14H,4,12H2,1-3H3,(H,24,27)(H,25,26,28)/t14-/m1/s1. The summed E-state index contributed by atoms with van der Waals surface area (Å²) in [6.07, 6.45) is 3.24. The summed E-state index contributed by atoms with van der Waals surface area (Å²) in [6, 6.07) is 11.0. The molecule has 0 aliphatic heterocycles. The summed E-state index contributed by atoms with van der Waals surface area (Å²) in [5.74, 6) is 0.986. The molecule has 1 atom stereocenters. The van der Waals surface area contributed by atoms with E-state index >= 15 is 0 Å². The van der Waals surface area contributed by atoms with Gasteiger partial charge in [-0.1, -0.05) is 12.1 Å². The van der Waals surface area contributed by atoms with Crippen LogP contribution in [0.1, 0.15) is 36.7 Å². The number of aromatic amines is 1. The summed E-state index contributed by atoms with van der Waals surface area (Å²) in [7, 11) is 0. The molecule has 3 aromatic rings. The quantitative estimate of drug-likeness (QED) is 0.644. The van der Waals surface area contributed by atoms with Gasteiger partial charge in [0.25, 0.3) is 5.56 Å². The van der Waals surface area contributed by atoms with Crippen molar-refractivity contribution in [3.05, 3.63) is 76.0 Å². The van der Waals surface area contributed by atoms with Gasteiger partial charge in [-0.2, -0.15) is 0 Å². The number of aryl methyl sites for hydroxylation is 1. The van der Waals surface area contributed by atoms with Crippen LogP contribution in [0, 0.1) is 6.92 Å². The lowest BCUT2D eigenvalue weighted by Gasteiger charge is -2.15. The molecule has 7 nitrogen and oxygen atoms in total. The number of carbonyl (C=O) groups excluding carboxylic acids is 1. The molecule has 2 aromatic heterocycles. The minimum absolute atomic E-state index is 0.0388. The fraction of sp³-hybridized carbons (Fsp3) is 0.273. The number of rotatable bonds is 7. The Labute approximate surface area is 169 Å². The Morgan fingerprint density at radius 1 is 1.24 bits per heavy atom. The average molecular weight is 392 g/mol. The van der Waals surface area contributed by atoms with Crippen LogP contribution in [0.2, 0.25) is 0 Å². The van der Waals surface area contributed by atoms with Crippen LogP contribution in [0.25, 0.3) is 11.4 Å². The van der Waals surface area contributed by atoms with E-state index in [2.05, 4.69) is 20.3 Å². The van der Waals surface area contributed by atoms with E-state index in [1.54, 1.807) is 25.4 Å². The Bertz CT molecular complexity index is 1030. The van der Waals surface area contributed by atoms with E-state index in [-0.39, 0.29) is 23.9 Å². The van der Waals surface area contributed by atoms with Crippen molar-refractivity contribution in [1.82, 2.24) is 20.3 Å². The van der Waals surface area contributed by atoms with Crippen LogP contribution < -0.4 is 15.6 Å². The molecule has 2 N–H and O–H groups in total. The third-order valence-corrected chi connectivity index (χ3v) is 4.56. The number of H-pyrrole nitrogens is 1. The molecule has 0 saturated heterocycles. The summed E-state index contributed by atoms with van der Waals surface area (Å²) >= 11 is 0. The van der Waals surface area contributed by atoms with Crippen LogP contribution in [-0.2, 0) is 11.2 Å². The first kappa shape index (κ1) is 20.3. The van der Waals surface area contributed by atoms with Crippen LogP contribution in [0.4, 0.5) is 0 Å². The maximum atomic E-state index is 12.5. The minimum atomic E-state index is -0.319. The normalized spacial score (nSPS) is 11.7. The number of pyridine rings is 1. The highest BCUT2D eigenvalue weighted by atomic mass is 16.5. The number of nitrogens with one attached hydrogen (secondary N) is 2. The molecule has 29 heavy (non-hydrogen) atoms. The van der Waals surface area contributed by atoms with Gasteiger partial charge >= 0.3 is 0 Å². The summed E-state index contributed by atoms with van der Waals surface area (Å²) in [4.78, 5) is 36.2. The molecule has 1 aromatic carbocycles. The molecule has 0 fully saturated rings. The summed E-state index contributed by atoms with van der Waals surface area (Å²) in [5.41, 5.74) is 2.23. The minimum Gasteiger partial charge on any atom is -0.494 e. The molecule has 1 amide bonds. The first-order valence-corrected chi connectivity index (χ1v) is 9.50. The molecule has 0 unspecified atom stereocenters. The average Bonchev–Trinajstić information content (AvgIpc) is 2.72. The second kappa shape index (κ2) is 9.14. The summed E-state index contributed by atoms with van der Waals surface area (Å²) in [6.45, 7) is 6.16. The molecular weight excluding hydrogens is 368 g/mol. The Balaban J connectivity index is 1.69. The zero-order chi connectivity index (χ0) is 20.8. The van der Waals surface area contributed by atoms with Crippen molar-refractivity contribution >= 4 is 5.91 Å². The molecule has 2 heterocycles. The highest BCUT2D eigenvalue weighted by Crippen LogP contribution is 2.18. The number of benzene rings is 1. The number of hydrogen-bond donors (Lipinski definition) is 2. The number of nitrogens with zero attached hydrogens (tertiary/aromatic N) is 2. The number of amides is 1. The number of aromatic nitrogens is 3. The Kier molecular flexibility index (Phi) is 6.39. The molecule has 0 radical (unpaired) electrons. The zero-order valence-corrected chi connectivity index (χ0v) is 16.7. The number of hydrogen-bond acceptors (Lipinski definition) is 5. The fourth-order valence-corrected chi connectivity index (χ4v) is 3.01. The Morgan fingerprint density at radius 2 is 2.00 bits per heavy atom. The van der Waals surface area contributed by atoms with Crippen LogP contribution >= 0.6 is 0 Å². The van der Waals surface area contributed by atoms with E-state index in [9.17, 15) is 9.59 Å². The zero-order valence-electron chi connectivity index (χ0n) is 16.7. The van der Waals surface area contributed by atoms with Crippen molar-refractivity contribution in [1.29, 1.82) is 0 Å². The van der Waals surface area contributed by atoms with Crippen LogP contribution in [0.15, 0.2) is 53.6 Å². The van der Waals surface area contributed by atoms with Gasteiger partial charge in [-0.15, -0.1) is 0 Å². The SMILES string of the molecule is CCOc1ccc([C@@H](C)NC(=O)Cc2c(C)nc(-c3cccnc3)[nH]c2=O)cc1. The Morgan fingerprint density at radius 3 is 2.62 bits per heavy atom. The van der Waals surface area contributed by atoms with Gasteiger partial charge in [0, 0.05) is 29.2 Å². The maximum Gasteiger partial charge on any atom is 0.255 e. The molecule has 0 spiro atoms. The first-order chi connectivity index (χ1) is 14.0. The first-order valence-electron chi connectivity index (χ1n) is 9.50. The van der Waals surface area contributed by atoms with Crippen molar-refractivity contribution in [3.8, 4) is 17.1 Å². The predicted octanol–water partition coefficient (Wildman–Crippen LogP) is 2.96. The highest BCUT2D eigenvalue weighted by Gasteiger charge is 2.16. The maximum absolute atomic E-state index is 12.5. The molecule has 150 valence electrons. The van der Waals surface area contributed by atoms with Gasteiger partial charge in [0.05, 0.1) is 19.1 Å². The molecule has 0 aliphatic rings. The van der Waals surface area contributed by atoms with Gasteiger partial charge in [0.2, 0.25) is 5.91 Å². The van der Waals surface area contributed by atoms with Crippen LogP contribution in [0.3, 0.4) is 0 Å². The van der Waals surface area contributed by atoms with E-state index in [1.165, 1.54) is 0 Å². The third-order valence-electron chi connectivity index (χ3n) is 4.56. The van der Waals surface area contributed by atoms with Crippen LogP contribution in [0.5, 0.6) is 5.75 Å². The second-order valence-electron chi connectivity index (χ2n) is 6.69. The number of carbonyl (C=O) groups is 1. The van der Waals surface area contributed by atoms with Gasteiger partial charge in [-0.05, 0) is 50.6 Å². The van der Waals surface area contributed by atoms with Gasteiger partial charge in [-0.3, -0.25) is 14.6 Å². The van der Waals surface area contributed by atoms with E-state index < -0.39 is 0 Å². The molecule has 0 bridgehead atoms. The second-order valence-corrected chi connectivity index (χ2v) is 6.69. The van der Waals surface area contributed by atoms with Crippen molar-refractivity contribution < 1.29 is 9.53 Å².